The first kappa shape index (κ1) is 15.8. The van der Waals surface area contributed by atoms with Crippen LogP contribution in [0.4, 0.5) is 4.39 Å². The van der Waals surface area contributed by atoms with Gasteiger partial charge in [-0.05, 0) is 49.3 Å². The molecule has 2 atom stereocenters. The molecule has 2 rings (SSSR count). The van der Waals surface area contributed by atoms with Gasteiger partial charge in [-0.1, -0.05) is 50.3 Å². The van der Waals surface area contributed by atoms with Crippen LogP contribution in [0, 0.1) is 11.7 Å². The van der Waals surface area contributed by atoms with E-state index in [0.29, 0.717) is 0 Å². The van der Waals surface area contributed by atoms with Crippen LogP contribution in [-0.4, -0.2) is 5.54 Å². The Labute approximate surface area is 126 Å². The topological polar surface area (TPSA) is 26.0 Å². The minimum absolute atomic E-state index is 0.149. The van der Waals surface area contributed by atoms with Crippen LogP contribution < -0.4 is 5.73 Å². The van der Waals surface area contributed by atoms with Crippen molar-refractivity contribution in [1.29, 1.82) is 0 Å². The summed E-state index contributed by atoms with van der Waals surface area (Å²) in [5.41, 5.74) is 7.50. The Morgan fingerprint density at radius 3 is 2.85 bits per heavy atom. The predicted octanol–water partition coefficient (Wildman–Crippen LogP) is 5.10. The van der Waals surface area contributed by atoms with Crippen molar-refractivity contribution < 1.29 is 4.39 Å². The van der Waals surface area contributed by atoms with Crippen molar-refractivity contribution in [3.63, 3.8) is 0 Å². The molecular formula is C17H25ClFN. The van der Waals surface area contributed by atoms with Crippen LogP contribution in [0.3, 0.4) is 0 Å². The van der Waals surface area contributed by atoms with Crippen molar-refractivity contribution in [2.45, 2.75) is 63.8 Å². The maximum atomic E-state index is 13.2. The van der Waals surface area contributed by atoms with E-state index in [1.54, 1.807) is 6.07 Å². The summed E-state index contributed by atoms with van der Waals surface area (Å²) in [6, 6.07) is 4.97. The lowest BCUT2D eigenvalue weighted by molar-refractivity contribution is 0.355. The molecule has 0 radical (unpaired) electrons. The van der Waals surface area contributed by atoms with Gasteiger partial charge in [0.05, 0.1) is 5.02 Å². The lowest BCUT2D eigenvalue weighted by Gasteiger charge is -2.28. The first-order chi connectivity index (χ1) is 9.52. The van der Waals surface area contributed by atoms with Crippen LogP contribution in [0.2, 0.25) is 5.02 Å². The molecular weight excluding hydrogens is 273 g/mol. The van der Waals surface area contributed by atoms with Crippen molar-refractivity contribution in [3.05, 3.63) is 34.6 Å². The van der Waals surface area contributed by atoms with Crippen LogP contribution >= 0.6 is 11.6 Å². The summed E-state index contributed by atoms with van der Waals surface area (Å²) >= 11 is 5.86. The molecule has 0 aromatic heterocycles. The van der Waals surface area contributed by atoms with Gasteiger partial charge in [0.1, 0.15) is 5.82 Å². The first-order valence-electron chi connectivity index (χ1n) is 7.75. The van der Waals surface area contributed by atoms with E-state index in [4.69, 9.17) is 17.3 Å². The highest BCUT2D eigenvalue weighted by Gasteiger charge is 2.29. The SMILES string of the molecule is CCCC1CCCC(N)(Cc2ccc(F)c(Cl)c2)CC1. The summed E-state index contributed by atoms with van der Waals surface area (Å²) in [5, 5.41) is 0.198. The molecule has 1 fully saturated rings. The quantitative estimate of drug-likeness (QED) is 0.769. The molecule has 1 saturated carbocycles. The standard InChI is InChI=1S/C17H25ClFN/c1-2-4-13-5-3-9-17(20,10-8-13)12-14-6-7-16(19)15(18)11-14/h6-7,11,13H,2-5,8-10,12,20H2,1H3. The highest BCUT2D eigenvalue weighted by molar-refractivity contribution is 6.30. The average Bonchev–Trinajstić information content (AvgIpc) is 2.57. The fourth-order valence-electron chi connectivity index (χ4n) is 3.43. The summed E-state index contributed by atoms with van der Waals surface area (Å²) in [5.74, 6) is 0.479. The van der Waals surface area contributed by atoms with Gasteiger partial charge in [-0.15, -0.1) is 0 Å². The van der Waals surface area contributed by atoms with Crippen molar-refractivity contribution in [2.75, 3.05) is 0 Å². The number of hydrogen-bond acceptors (Lipinski definition) is 1. The molecule has 0 amide bonds. The van der Waals surface area contributed by atoms with Gasteiger partial charge < -0.3 is 5.73 Å². The molecule has 1 aromatic rings. The first-order valence-corrected chi connectivity index (χ1v) is 8.13. The van der Waals surface area contributed by atoms with Crippen molar-refractivity contribution in [3.8, 4) is 0 Å². The molecule has 1 aliphatic carbocycles. The number of hydrogen-bond donors (Lipinski definition) is 1. The third kappa shape index (κ3) is 4.20. The molecule has 1 aliphatic rings. The normalized spacial score (nSPS) is 27.3. The lowest BCUT2D eigenvalue weighted by Crippen LogP contribution is -2.41. The maximum Gasteiger partial charge on any atom is 0.141 e. The second-order valence-electron chi connectivity index (χ2n) is 6.37. The van der Waals surface area contributed by atoms with Crippen LogP contribution in [0.1, 0.15) is 57.4 Å². The molecule has 112 valence electrons. The van der Waals surface area contributed by atoms with Gasteiger partial charge in [-0.3, -0.25) is 0 Å². The highest BCUT2D eigenvalue weighted by atomic mass is 35.5. The van der Waals surface area contributed by atoms with Gasteiger partial charge in [0, 0.05) is 5.54 Å². The van der Waals surface area contributed by atoms with E-state index in [0.717, 1.165) is 30.7 Å². The number of benzene rings is 1. The van der Waals surface area contributed by atoms with E-state index in [1.165, 1.54) is 38.2 Å². The van der Waals surface area contributed by atoms with Gasteiger partial charge in [0.2, 0.25) is 0 Å². The number of nitrogens with two attached hydrogens (primary N) is 1. The minimum atomic E-state index is -0.356. The Balaban J connectivity index is 2.01. The molecule has 0 spiro atoms. The average molecular weight is 298 g/mol. The van der Waals surface area contributed by atoms with E-state index >= 15 is 0 Å². The number of rotatable bonds is 4. The van der Waals surface area contributed by atoms with E-state index in [9.17, 15) is 4.39 Å². The van der Waals surface area contributed by atoms with Gasteiger partial charge in [-0.2, -0.15) is 0 Å². The summed E-state index contributed by atoms with van der Waals surface area (Å²) in [4.78, 5) is 0. The zero-order valence-electron chi connectivity index (χ0n) is 12.3. The highest BCUT2D eigenvalue weighted by Crippen LogP contribution is 2.33. The smallest absolute Gasteiger partial charge is 0.141 e. The predicted molar refractivity (Wildman–Crippen MR) is 83.5 cm³/mol. The van der Waals surface area contributed by atoms with E-state index in [2.05, 4.69) is 6.92 Å². The zero-order valence-corrected chi connectivity index (χ0v) is 13.1. The maximum absolute atomic E-state index is 13.2. The summed E-state index contributed by atoms with van der Waals surface area (Å²) in [6.07, 6.45) is 9.22. The second kappa shape index (κ2) is 6.91. The van der Waals surface area contributed by atoms with Crippen molar-refractivity contribution in [1.82, 2.24) is 0 Å². The molecule has 0 bridgehead atoms. The largest absolute Gasteiger partial charge is 0.325 e. The van der Waals surface area contributed by atoms with Crippen LogP contribution in [0.25, 0.3) is 0 Å². The summed E-state index contributed by atoms with van der Waals surface area (Å²) in [7, 11) is 0. The summed E-state index contributed by atoms with van der Waals surface area (Å²) < 4.78 is 13.2. The molecule has 1 nitrogen and oxygen atoms in total. The summed E-state index contributed by atoms with van der Waals surface area (Å²) in [6.45, 7) is 2.25. The Bertz CT molecular complexity index is 449. The zero-order chi connectivity index (χ0) is 14.6. The lowest BCUT2D eigenvalue weighted by atomic mass is 9.84. The second-order valence-corrected chi connectivity index (χ2v) is 6.78. The van der Waals surface area contributed by atoms with Crippen molar-refractivity contribution >= 4 is 11.6 Å². The third-order valence-electron chi connectivity index (χ3n) is 4.57. The van der Waals surface area contributed by atoms with E-state index in [1.807, 2.05) is 6.07 Å². The van der Waals surface area contributed by atoms with Crippen LogP contribution in [0.15, 0.2) is 18.2 Å². The Morgan fingerprint density at radius 2 is 2.15 bits per heavy atom. The number of halogens is 2. The third-order valence-corrected chi connectivity index (χ3v) is 4.86. The van der Waals surface area contributed by atoms with Gasteiger partial charge >= 0.3 is 0 Å². The molecule has 2 unspecified atom stereocenters. The fraction of sp³-hybridized carbons (Fsp3) is 0.647. The molecule has 0 aliphatic heterocycles. The van der Waals surface area contributed by atoms with Gasteiger partial charge in [0.15, 0.2) is 0 Å². The Kier molecular flexibility index (Phi) is 5.45. The van der Waals surface area contributed by atoms with Crippen LogP contribution in [-0.2, 0) is 6.42 Å². The fourth-order valence-corrected chi connectivity index (χ4v) is 3.64. The van der Waals surface area contributed by atoms with Gasteiger partial charge in [-0.25, -0.2) is 4.39 Å². The Hall–Kier alpha value is -0.600. The molecule has 0 saturated heterocycles. The van der Waals surface area contributed by atoms with E-state index in [-0.39, 0.29) is 16.4 Å². The van der Waals surface area contributed by atoms with Crippen molar-refractivity contribution in [2.24, 2.45) is 11.7 Å². The Morgan fingerprint density at radius 1 is 1.35 bits per heavy atom. The van der Waals surface area contributed by atoms with E-state index < -0.39 is 0 Å². The molecule has 0 heterocycles. The monoisotopic (exact) mass is 297 g/mol. The van der Waals surface area contributed by atoms with Crippen LogP contribution in [0.5, 0.6) is 0 Å². The molecule has 2 N–H and O–H groups in total. The van der Waals surface area contributed by atoms with Gasteiger partial charge in [0.25, 0.3) is 0 Å². The molecule has 3 heteroatoms. The molecule has 1 aromatic carbocycles. The molecule has 20 heavy (non-hydrogen) atoms. The minimum Gasteiger partial charge on any atom is -0.325 e.